The number of nitrogens with one attached hydrogen (secondary N) is 1. The number of hydrogen-bond acceptors (Lipinski definition) is 7. The number of benzene rings is 3. The van der Waals surface area contributed by atoms with E-state index >= 15 is 0 Å². The summed E-state index contributed by atoms with van der Waals surface area (Å²) in [5.74, 6) is -1.24. The predicted molar refractivity (Wildman–Crippen MR) is 149 cm³/mol. The van der Waals surface area contributed by atoms with Gasteiger partial charge in [-0.3, -0.25) is 9.10 Å². The van der Waals surface area contributed by atoms with Crippen LogP contribution in [0.2, 0.25) is 10.0 Å². The van der Waals surface area contributed by atoms with Gasteiger partial charge in [0.15, 0.2) is 18.1 Å². The molecule has 0 bridgehead atoms. The number of fused-ring (bicyclic) bond motifs is 1. The molecule has 1 aliphatic rings. The lowest BCUT2D eigenvalue weighted by Crippen LogP contribution is -2.29. The third-order valence-corrected chi connectivity index (χ3v) is 8.50. The summed E-state index contributed by atoms with van der Waals surface area (Å²) >= 11 is 12.0. The van der Waals surface area contributed by atoms with Crippen molar-refractivity contribution in [3.05, 3.63) is 81.8 Å². The first-order valence-electron chi connectivity index (χ1n) is 11.6. The second-order valence-corrected chi connectivity index (χ2v) is 10.9. The largest absolute Gasteiger partial charge is 0.493 e. The van der Waals surface area contributed by atoms with Crippen LogP contribution in [0, 0.1) is 0 Å². The van der Waals surface area contributed by atoms with Crippen LogP contribution in [-0.4, -0.2) is 47.7 Å². The average Bonchev–Trinajstić information content (AvgIpc) is 3.38. The first-order valence-corrected chi connectivity index (χ1v) is 13.8. The van der Waals surface area contributed by atoms with Crippen molar-refractivity contribution >= 4 is 62.6 Å². The van der Waals surface area contributed by atoms with Gasteiger partial charge in [-0.2, -0.15) is 0 Å². The summed E-state index contributed by atoms with van der Waals surface area (Å²) in [6.07, 6.45) is 3.01. The third kappa shape index (κ3) is 6.13. The minimum Gasteiger partial charge on any atom is -0.493 e. The number of hydrogen-bond donors (Lipinski definition) is 1. The number of methoxy groups -OCH3 is 2. The van der Waals surface area contributed by atoms with E-state index in [1.165, 1.54) is 36.7 Å². The fourth-order valence-electron chi connectivity index (χ4n) is 4.05. The number of carbonyl (C=O) groups is 2. The van der Waals surface area contributed by atoms with Crippen LogP contribution in [0.4, 0.5) is 11.4 Å². The van der Waals surface area contributed by atoms with Crippen molar-refractivity contribution in [3.8, 4) is 11.5 Å². The van der Waals surface area contributed by atoms with Crippen LogP contribution in [0.25, 0.3) is 6.08 Å². The molecular weight excluding hydrogens is 567 g/mol. The molecule has 4 rings (SSSR count). The molecule has 0 saturated heterocycles. The Morgan fingerprint density at radius 3 is 2.56 bits per heavy atom. The van der Waals surface area contributed by atoms with Gasteiger partial charge in [-0.1, -0.05) is 47.5 Å². The van der Waals surface area contributed by atoms with Crippen molar-refractivity contribution in [1.29, 1.82) is 0 Å². The van der Waals surface area contributed by atoms with E-state index in [2.05, 4.69) is 5.32 Å². The van der Waals surface area contributed by atoms with Gasteiger partial charge in [0.2, 0.25) is 0 Å². The maximum atomic E-state index is 13.7. The Labute approximate surface area is 235 Å². The number of amides is 1. The molecular formula is C27H24Cl2N2O7S. The van der Waals surface area contributed by atoms with Crippen molar-refractivity contribution < 1.29 is 32.2 Å². The van der Waals surface area contributed by atoms with E-state index in [1.807, 2.05) is 12.1 Å². The molecule has 3 aromatic rings. The van der Waals surface area contributed by atoms with Gasteiger partial charge >= 0.3 is 5.97 Å². The quantitative estimate of drug-likeness (QED) is 0.277. The molecule has 1 aliphatic heterocycles. The fourth-order valence-corrected chi connectivity index (χ4v) is 6.11. The maximum Gasteiger partial charge on any atom is 0.331 e. The van der Waals surface area contributed by atoms with Crippen molar-refractivity contribution in [1.82, 2.24) is 0 Å². The highest BCUT2D eigenvalue weighted by atomic mass is 35.5. The zero-order valence-electron chi connectivity index (χ0n) is 20.9. The number of ether oxygens (including phenoxy) is 3. The van der Waals surface area contributed by atoms with Crippen LogP contribution in [0.3, 0.4) is 0 Å². The van der Waals surface area contributed by atoms with Crippen molar-refractivity contribution in [3.63, 3.8) is 0 Å². The molecule has 0 atom stereocenters. The Bertz CT molecular complexity index is 1560. The molecule has 0 fully saturated rings. The number of para-hydroxylation sites is 1. The number of halogens is 2. The van der Waals surface area contributed by atoms with E-state index in [0.29, 0.717) is 17.7 Å². The van der Waals surface area contributed by atoms with Gasteiger partial charge in [0, 0.05) is 12.6 Å². The first kappa shape index (κ1) is 28.3. The van der Waals surface area contributed by atoms with Gasteiger partial charge in [0.25, 0.3) is 15.9 Å². The van der Waals surface area contributed by atoms with Crippen LogP contribution in [0.5, 0.6) is 11.5 Å². The molecule has 0 radical (unpaired) electrons. The Hall–Kier alpha value is -3.73. The number of sulfonamides is 1. The monoisotopic (exact) mass is 590 g/mol. The van der Waals surface area contributed by atoms with E-state index in [9.17, 15) is 18.0 Å². The molecule has 1 N–H and O–H groups in total. The molecule has 3 aromatic carbocycles. The van der Waals surface area contributed by atoms with E-state index in [0.717, 1.165) is 11.6 Å². The molecule has 0 unspecified atom stereocenters. The van der Waals surface area contributed by atoms with Gasteiger partial charge < -0.3 is 19.5 Å². The molecule has 0 aromatic heterocycles. The number of esters is 1. The molecule has 39 heavy (non-hydrogen) atoms. The zero-order valence-corrected chi connectivity index (χ0v) is 23.3. The molecule has 0 aliphatic carbocycles. The summed E-state index contributed by atoms with van der Waals surface area (Å²) < 4.78 is 44.5. The van der Waals surface area contributed by atoms with Crippen molar-refractivity contribution in [2.75, 3.05) is 37.0 Å². The third-order valence-electron chi connectivity index (χ3n) is 5.86. The van der Waals surface area contributed by atoms with Gasteiger partial charge in [-0.15, -0.1) is 0 Å². The topological polar surface area (TPSA) is 111 Å². The predicted octanol–water partition coefficient (Wildman–Crippen LogP) is 4.96. The number of rotatable bonds is 9. The van der Waals surface area contributed by atoms with Crippen LogP contribution < -0.4 is 19.1 Å². The smallest absolute Gasteiger partial charge is 0.331 e. The molecule has 1 heterocycles. The highest BCUT2D eigenvalue weighted by Gasteiger charge is 2.34. The Morgan fingerprint density at radius 1 is 1.05 bits per heavy atom. The van der Waals surface area contributed by atoms with Crippen molar-refractivity contribution in [2.45, 2.75) is 11.3 Å². The molecule has 0 saturated carbocycles. The first-order chi connectivity index (χ1) is 18.6. The van der Waals surface area contributed by atoms with E-state index < -0.39 is 28.5 Å². The summed E-state index contributed by atoms with van der Waals surface area (Å²) in [5, 5.41) is 2.93. The summed E-state index contributed by atoms with van der Waals surface area (Å²) in [5.41, 5.74) is 2.14. The Kier molecular flexibility index (Phi) is 8.69. The van der Waals surface area contributed by atoms with E-state index in [-0.39, 0.29) is 38.7 Å². The minimum absolute atomic E-state index is 0.0398. The number of anilines is 2. The lowest BCUT2D eigenvalue weighted by molar-refractivity contribution is -0.142. The van der Waals surface area contributed by atoms with Crippen molar-refractivity contribution in [2.24, 2.45) is 0 Å². The second kappa shape index (κ2) is 12.0. The van der Waals surface area contributed by atoms with Crippen LogP contribution in [0.15, 0.2) is 65.6 Å². The summed E-state index contributed by atoms with van der Waals surface area (Å²) in [6.45, 7) is -0.298. The maximum absolute atomic E-state index is 13.7. The Balaban J connectivity index is 1.52. The molecule has 0 spiro atoms. The second-order valence-electron chi connectivity index (χ2n) is 8.30. The Morgan fingerprint density at radius 2 is 1.82 bits per heavy atom. The van der Waals surface area contributed by atoms with E-state index in [1.54, 1.807) is 30.3 Å². The van der Waals surface area contributed by atoms with E-state index in [4.69, 9.17) is 37.4 Å². The lowest BCUT2D eigenvalue weighted by Gasteiger charge is -2.22. The summed E-state index contributed by atoms with van der Waals surface area (Å²) in [4.78, 5) is 24.3. The molecule has 204 valence electrons. The minimum atomic E-state index is -4.04. The zero-order chi connectivity index (χ0) is 28.2. The highest BCUT2D eigenvalue weighted by Crippen LogP contribution is 2.40. The molecule has 12 heteroatoms. The standard InChI is InChI=1S/C27H24Cl2N2O7S/c1-36-22-14-17(10-11-25(33)38-16-24(32)30-20-8-5-7-19(28)26(20)29)15-23(27(22)37-2)39(34,35)31-13-12-18-6-3-4-9-21(18)31/h3-11,14-15H,12-13,16H2,1-2H3,(H,30,32). The normalized spacial score (nSPS) is 12.8. The number of nitrogens with zero attached hydrogens (tertiary/aromatic N) is 1. The van der Waals surface area contributed by atoms with Gasteiger partial charge in [0.1, 0.15) is 4.90 Å². The fraction of sp³-hybridized carbons (Fsp3) is 0.185. The SMILES string of the molecule is COc1cc(C=CC(=O)OCC(=O)Nc2cccc(Cl)c2Cl)cc(S(=O)(=O)N2CCc3ccccc32)c1OC. The van der Waals surface area contributed by atoms with Gasteiger partial charge in [0.05, 0.1) is 35.6 Å². The highest BCUT2D eigenvalue weighted by molar-refractivity contribution is 7.93. The summed E-state index contributed by atoms with van der Waals surface area (Å²) in [7, 11) is -1.31. The lowest BCUT2D eigenvalue weighted by atomic mass is 10.2. The number of carbonyl (C=O) groups excluding carboxylic acids is 2. The van der Waals surface area contributed by atoms with Gasteiger partial charge in [-0.25, -0.2) is 13.2 Å². The van der Waals surface area contributed by atoms with Crippen LogP contribution >= 0.6 is 23.2 Å². The molecule has 1 amide bonds. The van der Waals surface area contributed by atoms with Gasteiger partial charge in [-0.05, 0) is 54.0 Å². The van der Waals surface area contributed by atoms with Crippen LogP contribution in [-0.2, 0) is 30.8 Å². The summed E-state index contributed by atoms with van der Waals surface area (Å²) in [6, 6.07) is 14.9. The molecule has 9 nitrogen and oxygen atoms in total. The average molecular weight is 591 g/mol. The van der Waals surface area contributed by atoms with Crippen LogP contribution in [0.1, 0.15) is 11.1 Å².